The minimum Gasteiger partial charge on any atom is -0.483 e. The molecule has 0 aromatic heterocycles. The Morgan fingerprint density at radius 1 is 1.21 bits per heavy atom. The number of alkyl halides is 1. The van der Waals surface area contributed by atoms with Gasteiger partial charge < -0.3 is 5.11 Å². The molecule has 0 atom stereocenters. The summed E-state index contributed by atoms with van der Waals surface area (Å²) >= 11 is 6.03. The van der Waals surface area contributed by atoms with Crippen molar-refractivity contribution in [2.45, 2.75) is 51.8 Å². The quantitative estimate of drug-likeness (QED) is 0.501. The van der Waals surface area contributed by atoms with Crippen molar-refractivity contribution in [2.75, 3.05) is 0 Å². The van der Waals surface area contributed by atoms with Crippen LogP contribution in [0.3, 0.4) is 0 Å². The van der Waals surface area contributed by atoms with E-state index in [9.17, 15) is 0 Å². The van der Waals surface area contributed by atoms with Crippen LogP contribution in [0.15, 0.2) is 0 Å². The Balaban J connectivity index is 0.000000500. The van der Waals surface area contributed by atoms with E-state index in [4.69, 9.17) is 21.5 Å². The van der Waals surface area contributed by atoms with Crippen molar-refractivity contribution in [1.29, 1.82) is 0 Å². The van der Waals surface area contributed by atoms with Crippen LogP contribution in [0.4, 0.5) is 0 Å². The molecule has 1 rings (SSSR count). The van der Waals surface area contributed by atoms with Gasteiger partial charge in [-0.2, -0.15) is 0 Å². The number of hydrogen-bond donors (Lipinski definition) is 1. The maximum atomic E-state index is 8.36. The lowest BCUT2D eigenvalue weighted by atomic mass is 9.72. The third-order valence-electron chi connectivity index (χ3n) is 2.88. The lowest BCUT2D eigenvalue weighted by molar-refractivity contribution is -0.122. The molecule has 2 nitrogen and oxygen atoms in total. The molecule has 14 heavy (non-hydrogen) atoms. The SMILES string of the molecule is CC(C)(C)C1CCC(Cl)CC1.O=CO. The van der Waals surface area contributed by atoms with Crippen LogP contribution >= 0.6 is 11.6 Å². The maximum absolute atomic E-state index is 8.36. The molecule has 0 unspecified atom stereocenters. The number of hydrogen-bond acceptors (Lipinski definition) is 1. The summed E-state index contributed by atoms with van der Waals surface area (Å²) in [6.07, 6.45) is 5.11. The zero-order valence-electron chi connectivity index (χ0n) is 9.29. The standard InChI is InChI=1S/C10H19Cl.CH2O2/c1-10(2,3)8-4-6-9(11)7-5-8;2-1-3/h8-9H,4-7H2,1-3H3;1H,(H,2,3). The van der Waals surface area contributed by atoms with Crippen molar-refractivity contribution < 1.29 is 9.90 Å². The van der Waals surface area contributed by atoms with Gasteiger partial charge in [-0.05, 0) is 37.0 Å². The molecule has 1 aliphatic carbocycles. The third kappa shape index (κ3) is 5.48. The van der Waals surface area contributed by atoms with Crippen LogP contribution in [0.25, 0.3) is 0 Å². The first-order chi connectivity index (χ1) is 6.41. The van der Waals surface area contributed by atoms with Gasteiger partial charge in [0.25, 0.3) is 6.47 Å². The van der Waals surface area contributed by atoms with E-state index in [0.29, 0.717) is 10.8 Å². The maximum Gasteiger partial charge on any atom is 0.290 e. The third-order valence-corrected chi connectivity index (χ3v) is 3.32. The van der Waals surface area contributed by atoms with Gasteiger partial charge in [0, 0.05) is 5.38 Å². The first-order valence-corrected chi connectivity index (χ1v) is 5.57. The summed E-state index contributed by atoms with van der Waals surface area (Å²) in [7, 11) is 0. The van der Waals surface area contributed by atoms with Crippen molar-refractivity contribution in [3.8, 4) is 0 Å². The zero-order valence-corrected chi connectivity index (χ0v) is 10.0. The van der Waals surface area contributed by atoms with E-state index in [0.717, 1.165) is 5.92 Å². The van der Waals surface area contributed by atoms with Crippen LogP contribution in [0.5, 0.6) is 0 Å². The molecule has 0 aromatic carbocycles. The second kappa shape index (κ2) is 6.28. The topological polar surface area (TPSA) is 37.3 Å². The highest BCUT2D eigenvalue weighted by Gasteiger charge is 2.28. The summed E-state index contributed by atoms with van der Waals surface area (Å²) in [6.45, 7) is 6.77. The lowest BCUT2D eigenvalue weighted by Crippen LogP contribution is -2.25. The lowest BCUT2D eigenvalue weighted by Gasteiger charge is -2.35. The van der Waals surface area contributed by atoms with Gasteiger partial charge in [-0.25, -0.2) is 0 Å². The van der Waals surface area contributed by atoms with E-state index in [-0.39, 0.29) is 6.47 Å². The molecule has 0 saturated heterocycles. The van der Waals surface area contributed by atoms with Crippen LogP contribution in [0, 0.1) is 11.3 Å². The number of carbonyl (C=O) groups is 1. The molecule has 84 valence electrons. The van der Waals surface area contributed by atoms with Crippen LogP contribution in [-0.4, -0.2) is 17.0 Å². The van der Waals surface area contributed by atoms with E-state index in [2.05, 4.69) is 20.8 Å². The Morgan fingerprint density at radius 2 is 1.57 bits per heavy atom. The summed E-state index contributed by atoms with van der Waals surface area (Å²) in [5.41, 5.74) is 0.497. The van der Waals surface area contributed by atoms with Gasteiger partial charge in [-0.15, -0.1) is 11.6 Å². The largest absolute Gasteiger partial charge is 0.483 e. The molecule has 0 bridgehead atoms. The Labute approximate surface area is 91.6 Å². The van der Waals surface area contributed by atoms with Gasteiger partial charge in [0.2, 0.25) is 0 Å². The molecule has 0 heterocycles. The Bertz CT molecular complexity index is 155. The van der Waals surface area contributed by atoms with E-state index >= 15 is 0 Å². The van der Waals surface area contributed by atoms with Gasteiger partial charge in [0.15, 0.2) is 0 Å². The smallest absolute Gasteiger partial charge is 0.290 e. The molecule has 0 aromatic rings. The zero-order chi connectivity index (χ0) is 11.2. The van der Waals surface area contributed by atoms with E-state index in [1.807, 2.05) is 0 Å². The van der Waals surface area contributed by atoms with E-state index < -0.39 is 0 Å². The summed E-state index contributed by atoms with van der Waals surface area (Å²) in [4.78, 5) is 8.36. The fourth-order valence-electron chi connectivity index (χ4n) is 1.92. The predicted molar refractivity (Wildman–Crippen MR) is 59.7 cm³/mol. The average molecular weight is 221 g/mol. The monoisotopic (exact) mass is 220 g/mol. The Hall–Kier alpha value is -0.240. The van der Waals surface area contributed by atoms with Crippen molar-refractivity contribution in [2.24, 2.45) is 11.3 Å². The summed E-state index contributed by atoms with van der Waals surface area (Å²) < 4.78 is 0. The fourth-order valence-corrected chi connectivity index (χ4v) is 2.17. The summed E-state index contributed by atoms with van der Waals surface area (Å²) in [6, 6.07) is 0. The second-order valence-electron chi connectivity index (χ2n) is 4.92. The van der Waals surface area contributed by atoms with Gasteiger partial charge in [-0.3, -0.25) is 4.79 Å². The predicted octanol–water partition coefficient (Wildman–Crippen LogP) is 3.53. The molecule has 1 N–H and O–H groups in total. The van der Waals surface area contributed by atoms with Gasteiger partial charge >= 0.3 is 0 Å². The van der Waals surface area contributed by atoms with Crippen molar-refractivity contribution in [3.05, 3.63) is 0 Å². The van der Waals surface area contributed by atoms with Crippen LogP contribution < -0.4 is 0 Å². The number of rotatable bonds is 0. The Kier molecular flexibility index (Phi) is 6.17. The second-order valence-corrected chi connectivity index (χ2v) is 5.54. The minimum absolute atomic E-state index is 0.250. The molecular formula is C11H21ClO2. The molecule has 3 heteroatoms. The molecular weight excluding hydrogens is 200 g/mol. The molecule has 0 aliphatic heterocycles. The van der Waals surface area contributed by atoms with Crippen LogP contribution in [0.1, 0.15) is 46.5 Å². The van der Waals surface area contributed by atoms with Crippen LogP contribution in [0.2, 0.25) is 0 Å². The summed E-state index contributed by atoms with van der Waals surface area (Å²) in [5, 5.41) is 7.36. The van der Waals surface area contributed by atoms with Gasteiger partial charge in [-0.1, -0.05) is 20.8 Å². The minimum atomic E-state index is -0.250. The molecule has 0 spiro atoms. The van der Waals surface area contributed by atoms with E-state index in [1.165, 1.54) is 25.7 Å². The molecule has 1 fully saturated rings. The summed E-state index contributed by atoms with van der Waals surface area (Å²) in [5.74, 6) is 0.900. The van der Waals surface area contributed by atoms with Gasteiger partial charge in [0.05, 0.1) is 0 Å². The highest BCUT2D eigenvalue weighted by Crippen LogP contribution is 2.38. The molecule has 0 radical (unpaired) electrons. The number of halogens is 1. The first-order valence-electron chi connectivity index (χ1n) is 5.13. The van der Waals surface area contributed by atoms with Gasteiger partial charge in [0.1, 0.15) is 0 Å². The normalized spacial score (nSPS) is 27.4. The van der Waals surface area contributed by atoms with Crippen molar-refractivity contribution in [1.82, 2.24) is 0 Å². The van der Waals surface area contributed by atoms with E-state index in [1.54, 1.807) is 0 Å². The van der Waals surface area contributed by atoms with Crippen LogP contribution in [-0.2, 0) is 4.79 Å². The highest BCUT2D eigenvalue weighted by molar-refractivity contribution is 6.20. The fraction of sp³-hybridized carbons (Fsp3) is 0.909. The Morgan fingerprint density at radius 3 is 1.86 bits per heavy atom. The molecule has 1 aliphatic rings. The van der Waals surface area contributed by atoms with Crippen molar-refractivity contribution in [3.63, 3.8) is 0 Å². The highest BCUT2D eigenvalue weighted by atomic mass is 35.5. The van der Waals surface area contributed by atoms with Crippen molar-refractivity contribution >= 4 is 18.1 Å². The average Bonchev–Trinajstić information content (AvgIpc) is 2.04. The first kappa shape index (κ1) is 13.8. The molecule has 1 saturated carbocycles. The number of carboxylic acid groups (broad SMARTS) is 1. The molecule has 0 amide bonds.